The van der Waals surface area contributed by atoms with Crippen molar-refractivity contribution < 1.29 is 23.9 Å². The van der Waals surface area contributed by atoms with E-state index in [1.165, 1.54) is 0 Å². The molecule has 3 atom stereocenters. The summed E-state index contributed by atoms with van der Waals surface area (Å²) >= 11 is 0. The minimum atomic E-state index is -0.938. The van der Waals surface area contributed by atoms with Crippen LogP contribution in [-0.2, 0) is 14.3 Å². The second-order valence-corrected chi connectivity index (χ2v) is 11.3. The molecule has 214 valence electrons. The fourth-order valence-electron chi connectivity index (χ4n) is 4.31. The van der Waals surface area contributed by atoms with Crippen molar-refractivity contribution in [2.45, 2.75) is 92.5 Å². The van der Waals surface area contributed by atoms with Crippen molar-refractivity contribution >= 4 is 23.6 Å². The molecule has 0 fully saturated rings. The number of anilines is 1. The van der Waals surface area contributed by atoms with E-state index in [0.717, 1.165) is 16.7 Å². The van der Waals surface area contributed by atoms with Crippen LogP contribution in [0.4, 0.5) is 10.5 Å². The van der Waals surface area contributed by atoms with Crippen molar-refractivity contribution in [2.75, 3.05) is 12.4 Å². The molecule has 0 saturated heterocycles. The summed E-state index contributed by atoms with van der Waals surface area (Å²) in [7, 11) is 1.58. The number of carbonyl (C=O) groups excluding carboxylic acids is 3. The fraction of sp³-hybridized carbons (Fsp3) is 0.516. The van der Waals surface area contributed by atoms with E-state index in [9.17, 15) is 14.4 Å². The van der Waals surface area contributed by atoms with Gasteiger partial charge in [-0.05, 0) is 89.8 Å². The summed E-state index contributed by atoms with van der Waals surface area (Å²) in [5.41, 5.74) is 2.44. The summed E-state index contributed by atoms with van der Waals surface area (Å²) in [6, 6.07) is 10.7. The summed E-state index contributed by atoms with van der Waals surface area (Å²) in [4.78, 5) is 42.6. The van der Waals surface area contributed by atoms with Crippen LogP contribution in [0.5, 0.6) is 5.75 Å². The Labute approximate surface area is 233 Å². The molecule has 0 aromatic heterocycles. The number of ether oxygens (including phenoxy) is 2. The Bertz CT molecular complexity index is 1140. The van der Waals surface area contributed by atoms with Gasteiger partial charge in [-0.25, -0.2) is 4.79 Å². The first-order valence-corrected chi connectivity index (χ1v) is 13.5. The highest BCUT2D eigenvalue weighted by molar-refractivity contribution is 5.99. The van der Waals surface area contributed by atoms with Gasteiger partial charge in [0.2, 0.25) is 5.91 Å². The number of aryl methyl sites for hydroxylation is 2. The number of carbonyl (C=O) groups is 3. The molecule has 2 rings (SSSR count). The highest BCUT2D eigenvalue weighted by atomic mass is 16.6. The van der Waals surface area contributed by atoms with E-state index in [2.05, 4.69) is 10.6 Å². The highest BCUT2D eigenvalue weighted by Gasteiger charge is 2.40. The smallest absolute Gasteiger partial charge is 0.408 e. The van der Waals surface area contributed by atoms with Crippen LogP contribution in [0.15, 0.2) is 42.5 Å². The predicted octanol–water partition coefficient (Wildman–Crippen LogP) is 6.17. The van der Waals surface area contributed by atoms with Crippen molar-refractivity contribution in [1.82, 2.24) is 10.2 Å². The topological polar surface area (TPSA) is 97.0 Å². The zero-order valence-corrected chi connectivity index (χ0v) is 25.0. The van der Waals surface area contributed by atoms with Gasteiger partial charge in [0.15, 0.2) is 0 Å². The lowest BCUT2D eigenvalue weighted by molar-refractivity contribution is -0.144. The van der Waals surface area contributed by atoms with E-state index in [0.29, 0.717) is 17.9 Å². The molecule has 0 spiro atoms. The molecule has 0 heterocycles. The summed E-state index contributed by atoms with van der Waals surface area (Å²) < 4.78 is 10.7. The average Bonchev–Trinajstić information content (AvgIpc) is 2.85. The number of nitrogens with zero attached hydrogens (tertiary/aromatic N) is 1. The van der Waals surface area contributed by atoms with Crippen LogP contribution in [0.1, 0.15) is 77.6 Å². The van der Waals surface area contributed by atoms with Gasteiger partial charge in [0.1, 0.15) is 23.4 Å². The molecule has 8 nitrogen and oxygen atoms in total. The van der Waals surface area contributed by atoms with Crippen LogP contribution in [0.2, 0.25) is 0 Å². The Morgan fingerprint density at radius 3 is 2.10 bits per heavy atom. The molecule has 2 aromatic carbocycles. The third kappa shape index (κ3) is 8.73. The number of alkyl carbamates (subject to hydrolysis) is 1. The van der Waals surface area contributed by atoms with Crippen LogP contribution in [-0.4, -0.2) is 47.6 Å². The second-order valence-electron chi connectivity index (χ2n) is 11.3. The minimum absolute atomic E-state index is 0.199. The van der Waals surface area contributed by atoms with E-state index in [-0.39, 0.29) is 23.8 Å². The van der Waals surface area contributed by atoms with Crippen molar-refractivity contribution in [3.8, 4) is 5.75 Å². The number of hydrogen-bond acceptors (Lipinski definition) is 5. The van der Waals surface area contributed by atoms with Crippen LogP contribution < -0.4 is 15.4 Å². The standard InChI is InChI=1S/C31H45N3O5/c1-11-21(5)26(33-30(37)39-31(7,8)9)29(36)34(19(2)3)27(25-18-20(4)12-13-22(25)6)28(35)32-23-14-16-24(38-10)17-15-23/h12-19,21,26-27H,11H2,1-10H3,(H,32,35)(H,33,37). The van der Waals surface area contributed by atoms with Gasteiger partial charge in [0.25, 0.3) is 5.91 Å². The maximum atomic E-state index is 14.3. The largest absolute Gasteiger partial charge is 0.497 e. The zero-order valence-electron chi connectivity index (χ0n) is 25.0. The Kier molecular flexibility index (Phi) is 11.0. The Morgan fingerprint density at radius 2 is 1.59 bits per heavy atom. The van der Waals surface area contributed by atoms with E-state index in [1.807, 2.05) is 59.7 Å². The maximum Gasteiger partial charge on any atom is 0.408 e. The molecule has 2 aromatic rings. The first-order chi connectivity index (χ1) is 18.2. The van der Waals surface area contributed by atoms with Gasteiger partial charge in [0, 0.05) is 11.7 Å². The Morgan fingerprint density at radius 1 is 0.974 bits per heavy atom. The molecular weight excluding hydrogens is 494 g/mol. The molecule has 0 bridgehead atoms. The molecule has 8 heteroatoms. The van der Waals surface area contributed by atoms with Gasteiger partial charge in [0.05, 0.1) is 7.11 Å². The fourth-order valence-corrected chi connectivity index (χ4v) is 4.31. The molecule has 3 amide bonds. The van der Waals surface area contributed by atoms with E-state index >= 15 is 0 Å². The molecule has 2 N–H and O–H groups in total. The molecule has 0 aliphatic carbocycles. The first kappa shape index (κ1) is 31.7. The number of amides is 3. The lowest BCUT2D eigenvalue weighted by atomic mass is 9.92. The zero-order chi connectivity index (χ0) is 29.5. The van der Waals surface area contributed by atoms with Gasteiger partial charge in [-0.1, -0.05) is 44.0 Å². The minimum Gasteiger partial charge on any atom is -0.497 e. The van der Waals surface area contributed by atoms with Crippen molar-refractivity contribution in [3.63, 3.8) is 0 Å². The lowest BCUT2D eigenvalue weighted by Gasteiger charge is -2.39. The summed E-state index contributed by atoms with van der Waals surface area (Å²) in [6.45, 7) is 16.8. The molecule has 3 unspecified atom stereocenters. The first-order valence-electron chi connectivity index (χ1n) is 13.5. The molecule has 0 saturated carbocycles. The Balaban J connectivity index is 2.58. The molecule has 0 radical (unpaired) electrons. The quantitative estimate of drug-likeness (QED) is 0.376. The van der Waals surface area contributed by atoms with Gasteiger partial charge >= 0.3 is 6.09 Å². The Hall–Kier alpha value is -3.55. The van der Waals surface area contributed by atoms with Crippen molar-refractivity contribution in [3.05, 3.63) is 59.2 Å². The van der Waals surface area contributed by atoms with Gasteiger partial charge < -0.3 is 25.0 Å². The number of nitrogens with one attached hydrogen (secondary N) is 2. The van der Waals surface area contributed by atoms with Crippen LogP contribution >= 0.6 is 0 Å². The summed E-state index contributed by atoms with van der Waals surface area (Å²) in [5, 5.41) is 5.78. The number of benzene rings is 2. The average molecular weight is 540 g/mol. The lowest BCUT2D eigenvalue weighted by Crippen LogP contribution is -2.56. The third-order valence-electron chi connectivity index (χ3n) is 6.58. The highest BCUT2D eigenvalue weighted by Crippen LogP contribution is 2.31. The van der Waals surface area contributed by atoms with Gasteiger partial charge in [-0.15, -0.1) is 0 Å². The SMILES string of the molecule is CCC(C)C(NC(=O)OC(C)(C)C)C(=O)N(C(C)C)C(C(=O)Nc1ccc(OC)cc1)c1cc(C)ccc1C. The van der Waals surface area contributed by atoms with Gasteiger partial charge in [-0.2, -0.15) is 0 Å². The summed E-state index contributed by atoms with van der Waals surface area (Å²) in [6.07, 6.45) is -0.0274. The van der Waals surface area contributed by atoms with Gasteiger partial charge in [-0.3, -0.25) is 9.59 Å². The van der Waals surface area contributed by atoms with Crippen LogP contribution in [0.3, 0.4) is 0 Å². The number of hydrogen-bond donors (Lipinski definition) is 2. The molecule has 0 aliphatic rings. The van der Waals surface area contributed by atoms with Crippen LogP contribution in [0.25, 0.3) is 0 Å². The van der Waals surface area contributed by atoms with Crippen molar-refractivity contribution in [1.29, 1.82) is 0 Å². The van der Waals surface area contributed by atoms with E-state index in [4.69, 9.17) is 9.47 Å². The molecule has 39 heavy (non-hydrogen) atoms. The van der Waals surface area contributed by atoms with E-state index < -0.39 is 23.8 Å². The number of methoxy groups -OCH3 is 1. The molecule has 0 aliphatic heterocycles. The second kappa shape index (κ2) is 13.5. The third-order valence-corrected chi connectivity index (χ3v) is 6.58. The summed E-state index contributed by atoms with van der Waals surface area (Å²) in [5.74, 6) is -0.227. The van der Waals surface area contributed by atoms with Crippen LogP contribution in [0, 0.1) is 19.8 Å². The predicted molar refractivity (Wildman–Crippen MR) is 155 cm³/mol. The maximum absolute atomic E-state index is 14.3. The van der Waals surface area contributed by atoms with E-state index in [1.54, 1.807) is 57.0 Å². The normalized spacial score (nSPS) is 13.7. The van der Waals surface area contributed by atoms with Crippen molar-refractivity contribution in [2.24, 2.45) is 5.92 Å². The number of rotatable bonds is 10. The monoisotopic (exact) mass is 539 g/mol. The molecular formula is C31H45N3O5.